The van der Waals surface area contributed by atoms with Gasteiger partial charge in [-0.3, -0.25) is 0 Å². The van der Waals surface area contributed by atoms with E-state index >= 15 is 0 Å². The quantitative estimate of drug-likeness (QED) is 0.182. The van der Waals surface area contributed by atoms with Gasteiger partial charge in [0, 0.05) is 54.5 Å². The first kappa shape index (κ1) is 27.6. The Balaban J connectivity index is 1.27. The van der Waals surface area contributed by atoms with Crippen LogP contribution in [0.2, 0.25) is 0 Å². The number of benzene rings is 9. The van der Waals surface area contributed by atoms with Gasteiger partial charge in [-0.15, -0.1) is 0 Å². The van der Waals surface area contributed by atoms with Gasteiger partial charge in [-0.05, 0) is 76.1 Å². The maximum absolute atomic E-state index is 2.58. The Morgan fingerprint density at radius 3 is 1.55 bits per heavy atom. The summed E-state index contributed by atoms with van der Waals surface area (Å²) < 4.78 is 5.11. The van der Waals surface area contributed by atoms with Crippen molar-refractivity contribution in [1.29, 1.82) is 0 Å². The summed E-state index contributed by atoms with van der Waals surface area (Å²) in [6.07, 6.45) is 0. The first-order valence-electron chi connectivity index (χ1n) is 18.4. The first-order valence-corrected chi connectivity index (χ1v) is 18.4. The topological polar surface area (TPSA) is 12.1 Å². The molecule has 0 fully saturated rings. The lowest BCUT2D eigenvalue weighted by atomic mass is 9.99. The number of rotatable bonds is 3. The van der Waals surface area contributed by atoms with E-state index in [-0.39, 0.29) is 0 Å². The molecule has 244 valence electrons. The van der Waals surface area contributed by atoms with Crippen LogP contribution in [0.15, 0.2) is 176 Å². The van der Waals surface area contributed by atoms with Gasteiger partial charge in [0.15, 0.2) is 0 Å². The summed E-state index contributed by atoms with van der Waals surface area (Å²) in [5, 5.41) is 15.5. The van der Waals surface area contributed by atoms with Gasteiger partial charge < -0.3 is 13.7 Å². The van der Waals surface area contributed by atoms with Gasteiger partial charge >= 0.3 is 0 Å². The highest BCUT2D eigenvalue weighted by Gasteiger charge is 2.27. The maximum atomic E-state index is 2.58. The molecule has 0 N–H and O–H groups in total. The van der Waals surface area contributed by atoms with Crippen molar-refractivity contribution < 1.29 is 0 Å². The molecular formula is C50H29N3. The number of hydrogen-bond acceptors (Lipinski definition) is 1. The molecule has 3 nitrogen and oxygen atoms in total. The van der Waals surface area contributed by atoms with Crippen LogP contribution in [0, 0.1) is 0 Å². The molecule has 9 aromatic carbocycles. The SMILES string of the molecule is c1ccc(N(c2ccccc2)c2cc3ccccc3c3c4cccc5c6cc7c(cc6n(c23)c54)c2cc3ccccc3c3c4ccccc4n7c23)cc1. The molecule has 0 amide bonds. The highest BCUT2D eigenvalue weighted by Crippen LogP contribution is 2.50. The van der Waals surface area contributed by atoms with E-state index in [1.165, 1.54) is 97.7 Å². The third-order valence-corrected chi connectivity index (χ3v) is 11.9. The maximum Gasteiger partial charge on any atom is 0.0789 e. The van der Waals surface area contributed by atoms with Crippen molar-refractivity contribution in [2.45, 2.75) is 0 Å². The standard InChI is InChI=1S/C50H29N3/c1-3-16-32(17-4-1)51(33-18-5-2-6-19-33)45-27-31-15-8-10-21-35(31)47-38-24-13-23-36-39-28-43-40(29-44(39)53(48(36)38)50(45)47)41-26-30-14-7-9-20-34(30)46-37-22-11-12-25-42(37)52(43)49(41)46/h1-29H. The fraction of sp³-hybridized carbons (Fsp3) is 0. The molecule has 0 unspecified atom stereocenters. The smallest absolute Gasteiger partial charge is 0.0789 e. The second kappa shape index (κ2) is 9.81. The Bertz CT molecular complexity index is 3570. The first-order chi connectivity index (χ1) is 26.3. The van der Waals surface area contributed by atoms with Gasteiger partial charge in [-0.1, -0.05) is 121 Å². The van der Waals surface area contributed by atoms with Crippen molar-refractivity contribution in [3.63, 3.8) is 0 Å². The normalized spacial score (nSPS) is 12.5. The molecule has 4 heterocycles. The fourth-order valence-corrected chi connectivity index (χ4v) is 9.80. The number of aromatic nitrogens is 2. The molecule has 0 saturated heterocycles. The lowest BCUT2D eigenvalue weighted by Crippen LogP contribution is -2.11. The predicted octanol–water partition coefficient (Wildman–Crippen LogP) is 13.8. The van der Waals surface area contributed by atoms with Gasteiger partial charge in [0.2, 0.25) is 0 Å². The lowest BCUT2D eigenvalue weighted by Gasteiger charge is -2.27. The van der Waals surface area contributed by atoms with Crippen LogP contribution in [-0.4, -0.2) is 8.80 Å². The highest BCUT2D eigenvalue weighted by molar-refractivity contribution is 6.35. The van der Waals surface area contributed by atoms with Crippen molar-refractivity contribution in [2.75, 3.05) is 4.90 Å². The summed E-state index contributed by atoms with van der Waals surface area (Å²) in [5.74, 6) is 0. The summed E-state index contributed by atoms with van der Waals surface area (Å²) in [4.78, 5) is 2.44. The fourth-order valence-electron chi connectivity index (χ4n) is 9.80. The molecule has 0 aliphatic heterocycles. The molecule has 0 saturated carbocycles. The Morgan fingerprint density at radius 2 is 0.830 bits per heavy atom. The summed E-state index contributed by atoms with van der Waals surface area (Å²) in [6, 6.07) is 65.0. The predicted molar refractivity (Wildman–Crippen MR) is 225 cm³/mol. The monoisotopic (exact) mass is 671 g/mol. The zero-order chi connectivity index (χ0) is 34.4. The molecule has 53 heavy (non-hydrogen) atoms. The van der Waals surface area contributed by atoms with Crippen molar-refractivity contribution in [2.24, 2.45) is 0 Å². The van der Waals surface area contributed by atoms with Crippen LogP contribution in [0.4, 0.5) is 17.1 Å². The molecule has 0 atom stereocenters. The molecule has 0 aliphatic rings. The number of hydrogen-bond donors (Lipinski definition) is 0. The Hall–Kier alpha value is -7.10. The van der Waals surface area contributed by atoms with E-state index in [2.05, 4.69) is 190 Å². The zero-order valence-corrected chi connectivity index (χ0v) is 28.6. The van der Waals surface area contributed by atoms with Gasteiger partial charge in [0.1, 0.15) is 0 Å². The van der Waals surface area contributed by atoms with E-state index in [4.69, 9.17) is 0 Å². The zero-order valence-electron chi connectivity index (χ0n) is 28.6. The van der Waals surface area contributed by atoms with Crippen LogP contribution < -0.4 is 4.90 Å². The van der Waals surface area contributed by atoms with E-state index in [9.17, 15) is 0 Å². The molecule has 0 radical (unpaired) electrons. The molecule has 13 aromatic rings. The number of anilines is 3. The Labute approximate surface area is 303 Å². The van der Waals surface area contributed by atoms with Crippen LogP contribution in [0.1, 0.15) is 0 Å². The van der Waals surface area contributed by atoms with Crippen molar-refractivity contribution in [3.8, 4) is 0 Å². The van der Waals surface area contributed by atoms with Crippen LogP contribution >= 0.6 is 0 Å². The molecule has 0 bridgehead atoms. The van der Waals surface area contributed by atoms with E-state index < -0.39 is 0 Å². The summed E-state index contributed by atoms with van der Waals surface area (Å²) in [6.45, 7) is 0. The number of fused-ring (bicyclic) bond motifs is 16. The third kappa shape index (κ3) is 3.40. The average Bonchev–Trinajstić information content (AvgIpc) is 3.94. The van der Waals surface area contributed by atoms with E-state index in [1.54, 1.807) is 0 Å². The number of nitrogens with zero attached hydrogens (tertiary/aromatic N) is 3. The largest absolute Gasteiger partial charge is 0.308 e. The average molecular weight is 672 g/mol. The van der Waals surface area contributed by atoms with Gasteiger partial charge in [0.05, 0.1) is 38.8 Å². The summed E-state index contributed by atoms with van der Waals surface area (Å²) in [5.41, 5.74) is 11.0. The second-order valence-electron chi connectivity index (χ2n) is 14.5. The van der Waals surface area contributed by atoms with Crippen LogP contribution in [0.3, 0.4) is 0 Å². The minimum Gasteiger partial charge on any atom is -0.308 e. The Kier molecular flexibility index (Phi) is 5.11. The molecule has 0 aliphatic carbocycles. The Morgan fingerprint density at radius 1 is 0.302 bits per heavy atom. The third-order valence-electron chi connectivity index (χ3n) is 11.9. The minimum atomic E-state index is 1.13. The van der Waals surface area contributed by atoms with Gasteiger partial charge in [0.25, 0.3) is 0 Å². The van der Waals surface area contributed by atoms with Crippen LogP contribution in [0.5, 0.6) is 0 Å². The molecule has 3 heteroatoms. The van der Waals surface area contributed by atoms with Crippen molar-refractivity contribution in [1.82, 2.24) is 8.80 Å². The van der Waals surface area contributed by atoms with E-state index in [0.29, 0.717) is 0 Å². The molecule has 4 aromatic heterocycles. The summed E-state index contributed by atoms with van der Waals surface area (Å²) >= 11 is 0. The van der Waals surface area contributed by atoms with Crippen LogP contribution in [0.25, 0.3) is 97.7 Å². The molecular weight excluding hydrogens is 643 g/mol. The van der Waals surface area contributed by atoms with Gasteiger partial charge in [-0.2, -0.15) is 0 Å². The highest BCUT2D eigenvalue weighted by atomic mass is 15.2. The van der Waals surface area contributed by atoms with Crippen molar-refractivity contribution >= 4 is 115 Å². The van der Waals surface area contributed by atoms with Crippen molar-refractivity contribution in [3.05, 3.63) is 176 Å². The van der Waals surface area contributed by atoms with E-state index in [0.717, 1.165) is 17.1 Å². The second-order valence-corrected chi connectivity index (χ2v) is 14.5. The molecule has 13 rings (SSSR count). The lowest BCUT2D eigenvalue weighted by molar-refractivity contribution is 1.27. The molecule has 0 spiro atoms. The van der Waals surface area contributed by atoms with Gasteiger partial charge in [-0.25, -0.2) is 0 Å². The summed E-state index contributed by atoms with van der Waals surface area (Å²) in [7, 11) is 0. The minimum absolute atomic E-state index is 1.13. The van der Waals surface area contributed by atoms with Crippen LogP contribution in [-0.2, 0) is 0 Å². The number of para-hydroxylation sites is 4. The van der Waals surface area contributed by atoms with E-state index in [1.807, 2.05) is 0 Å².